The van der Waals surface area contributed by atoms with E-state index in [2.05, 4.69) is 41.8 Å². The van der Waals surface area contributed by atoms with Crippen LogP contribution in [0, 0.1) is 0 Å². The number of rotatable bonds is 6. The molecule has 1 aromatic heterocycles. The van der Waals surface area contributed by atoms with Crippen LogP contribution >= 0.6 is 0 Å². The van der Waals surface area contributed by atoms with Crippen LogP contribution in [-0.4, -0.2) is 22.6 Å². The van der Waals surface area contributed by atoms with Gasteiger partial charge in [-0.2, -0.15) is 0 Å². The molecular weight excluding hydrogens is 186 g/mol. The van der Waals surface area contributed by atoms with E-state index < -0.39 is 0 Å². The van der Waals surface area contributed by atoms with Gasteiger partial charge in [0.25, 0.3) is 0 Å². The number of nitrogens with one attached hydrogen (secondary N) is 1. The molecule has 86 valence electrons. The lowest BCUT2D eigenvalue weighted by atomic mass is 10.1. The van der Waals surface area contributed by atoms with E-state index in [1.54, 1.807) is 0 Å². The maximum absolute atomic E-state index is 4.40. The molecule has 2 atom stereocenters. The van der Waals surface area contributed by atoms with Gasteiger partial charge in [0.2, 0.25) is 0 Å². The standard InChI is InChI=1S/C12H23N3/c1-5-6-12-14-7-8-15(12)11(3)9-10(2)13-4/h7-8,10-11,13H,5-6,9H2,1-4H3. The Balaban J connectivity index is 2.63. The fourth-order valence-electron chi connectivity index (χ4n) is 1.91. The molecule has 0 saturated heterocycles. The van der Waals surface area contributed by atoms with E-state index in [1.165, 1.54) is 5.82 Å². The largest absolute Gasteiger partial charge is 0.332 e. The van der Waals surface area contributed by atoms with Crippen LogP contribution in [0.25, 0.3) is 0 Å². The van der Waals surface area contributed by atoms with Gasteiger partial charge in [0.1, 0.15) is 5.82 Å². The summed E-state index contributed by atoms with van der Waals surface area (Å²) in [5, 5.41) is 3.28. The highest BCUT2D eigenvalue weighted by atomic mass is 15.1. The molecule has 3 nitrogen and oxygen atoms in total. The van der Waals surface area contributed by atoms with Crippen molar-refractivity contribution >= 4 is 0 Å². The van der Waals surface area contributed by atoms with E-state index in [-0.39, 0.29) is 0 Å². The Kier molecular flexibility index (Phi) is 4.82. The Hall–Kier alpha value is -0.830. The van der Waals surface area contributed by atoms with Gasteiger partial charge in [-0.3, -0.25) is 0 Å². The molecule has 0 aliphatic heterocycles. The fourth-order valence-corrected chi connectivity index (χ4v) is 1.91. The molecule has 1 aromatic rings. The third kappa shape index (κ3) is 3.34. The van der Waals surface area contributed by atoms with Gasteiger partial charge in [0.15, 0.2) is 0 Å². The molecule has 0 radical (unpaired) electrons. The van der Waals surface area contributed by atoms with Crippen molar-refractivity contribution < 1.29 is 0 Å². The highest BCUT2D eigenvalue weighted by Crippen LogP contribution is 2.16. The summed E-state index contributed by atoms with van der Waals surface area (Å²) in [6.07, 6.45) is 7.38. The third-order valence-corrected chi connectivity index (χ3v) is 2.88. The lowest BCUT2D eigenvalue weighted by Gasteiger charge is -2.20. The average Bonchev–Trinajstić information content (AvgIpc) is 2.66. The van der Waals surface area contributed by atoms with Gasteiger partial charge in [-0.15, -0.1) is 0 Å². The maximum Gasteiger partial charge on any atom is 0.108 e. The van der Waals surface area contributed by atoms with Gasteiger partial charge in [-0.25, -0.2) is 4.98 Å². The zero-order valence-corrected chi connectivity index (χ0v) is 10.3. The van der Waals surface area contributed by atoms with Crippen molar-refractivity contribution in [2.75, 3.05) is 7.05 Å². The zero-order valence-electron chi connectivity index (χ0n) is 10.3. The molecule has 0 saturated carbocycles. The number of hydrogen-bond donors (Lipinski definition) is 1. The summed E-state index contributed by atoms with van der Waals surface area (Å²) in [6.45, 7) is 6.67. The first-order valence-corrected chi connectivity index (χ1v) is 5.88. The molecule has 0 aliphatic carbocycles. The fraction of sp³-hybridized carbons (Fsp3) is 0.750. The number of aromatic nitrogens is 2. The summed E-state index contributed by atoms with van der Waals surface area (Å²) >= 11 is 0. The van der Waals surface area contributed by atoms with Crippen LogP contribution in [-0.2, 0) is 6.42 Å². The summed E-state index contributed by atoms with van der Waals surface area (Å²) < 4.78 is 2.30. The van der Waals surface area contributed by atoms with Crippen molar-refractivity contribution in [3.05, 3.63) is 18.2 Å². The van der Waals surface area contributed by atoms with Crippen LogP contribution in [0.15, 0.2) is 12.4 Å². The number of hydrogen-bond acceptors (Lipinski definition) is 2. The SMILES string of the molecule is CCCc1nccn1C(C)CC(C)NC. The Morgan fingerprint density at radius 2 is 2.20 bits per heavy atom. The van der Waals surface area contributed by atoms with E-state index in [0.29, 0.717) is 12.1 Å². The second kappa shape index (κ2) is 5.91. The van der Waals surface area contributed by atoms with Crippen LogP contribution < -0.4 is 5.32 Å². The lowest BCUT2D eigenvalue weighted by molar-refractivity contribution is 0.421. The molecule has 0 amide bonds. The molecule has 1 heterocycles. The molecule has 3 heteroatoms. The highest BCUT2D eigenvalue weighted by molar-refractivity contribution is 4.95. The Bertz CT molecular complexity index is 280. The topological polar surface area (TPSA) is 29.9 Å². The summed E-state index contributed by atoms with van der Waals surface area (Å²) in [7, 11) is 2.01. The summed E-state index contributed by atoms with van der Waals surface area (Å²) in [5.41, 5.74) is 0. The minimum Gasteiger partial charge on any atom is -0.332 e. The van der Waals surface area contributed by atoms with E-state index in [0.717, 1.165) is 19.3 Å². The van der Waals surface area contributed by atoms with Gasteiger partial charge < -0.3 is 9.88 Å². The minimum absolute atomic E-state index is 0.525. The summed E-state index contributed by atoms with van der Waals surface area (Å²) in [6, 6.07) is 1.08. The first-order valence-electron chi connectivity index (χ1n) is 5.88. The minimum atomic E-state index is 0.525. The normalized spacial score (nSPS) is 15.2. The third-order valence-electron chi connectivity index (χ3n) is 2.88. The van der Waals surface area contributed by atoms with Crippen molar-refractivity contribution in [3.63, 3.8) is 0 Å². The predicted molar refractivity (Wildman–Crippen MR) is 64.1 cm³/mol. The summed E-state index contributed by atoms with van der Waals surface area (Å²) in [4.78, 5) is 4.40. The number of imidazole rings is 1. The van der Waals surface area contributed by atoms with Crippen molar-refractivity contribution in [2.24, 2.45) is 0 Å². The molecule has 1 rings (SSSR count). The average molecular weight is 209 g/mol. The van der Waals surface area contributed by atoms with Crippen LogP contribution in [0.5, 0.6) is 0 Å². The first-order chi connectivity index (χ1) is 7.19. The predicted octanol–water partition coefficient (Wildman–Crippen LogP) is 2.39. The molecule has 0 fully saturated rings. The van der Waals surface area contributed by atoms with Gasteiger partial charge in [-0.1, -0.05) is 6.92 Å². The van der Waals surface area contributed by atoms with Crippen molar-refractivity contribution in [1.29, 1.82) is 0 Å². The van der Waals surface area contributed by atoms with Gasteiger partial charge in [-0.05, 0) is 33.7 Å². The molecule has 0 bridgehead atoms. The second-order valence-corrected chi connectivity index (χ2v) is 4.28. The van der Waals surface area contributed by atoms with E-state index in [4.69, 9.17) is 0 Å². The van der Waals surface area contributed by atoms with Crippen LogP contribution in [0.4, 0.5) is 0 Å². The molecule has 0 spiro atoms. The smallest absolute Gasteiger partial charge is 0.108 e. The molecule has 2 unspecified atom stereocenters. The first kappa shape index (κ1) is 12.2. The zero-order chi connectivity index (χ0) is 11.3. The monoisotopic (exact) mass is 209 g/mol. The Morgan fingerprint density at radius 1 is 1.47 bits per heavy atom. The van der Waals surface area contributed by atoms with Crippen LogP contribution in [0.3, 0.4) is 0 Å². The van der Waals surface area contributed by atoms with Gasteiger partial charge in [0.05, 0.1) is 0 Å². The van der Waals surface area contributed by atoms with Crippen molar-refractivity contribution in [2.45, 2.75) is 52.1 Å². The Labute approximate surface area is 92.9 Å². The molecular formula is C12H23N3. The van der Waals surface area contributed by atoms with Crippen LogP contribution in [0.2, 0.25) is 0 Å². The Morgan fingerprint density at radius 3 is 2.80 bits per heavy atom. The summed E-state index contributed by atoms with van der Waals surface area (Å²) in [5.74, 6) is 1.22. The van der Waals surface area contributed by atoms with Crippen LogP contribution in [0.1, 0.15) is 45.5 Å². The molecule has 1 N–H and O–H groups in total. The van der Waals surface area contributed by atoms with Crippen molar-refractivity contribution in [1.82, 2.24) is 14.9 Å². The van der Waals surface area contributed by atoms with E-state index in [9.17, 15) is 0 Å². The number of nitrogens with zero attached hydrogens (tertiary/aromatic N) is 2. The van der Waals surface area contributed by atoms with Gasteiger partial charge in [0, 0.05) is 30.9 Å². The maximum atomic E-state index is 4.40. The second-order valence-electron chi connectivity index (χ2n) is 4.28. The quantitative estimate of drug-likeness (QED) is 0.779. The molecule has 0 aliphatic rings. The van der Waals surface area contributed by atoms with E-state index >= 15 is 0 Å². The highest BCUT2D eigenvalue weighted by Gasteiger charge is 2.11. The van der Waals surface area contributed by atoms with Crippen molar-refractivity contribution in [3.8, 4) is 0 Å². The van der Waals surface area contributed by atoms with E-state index in [1.807, 2.05) is 13.2 Å². The number of aryl methyl sites for hydroxylation is 1. The molecule has 15 heavy (non-hydrogen) atoms. The molecule has 0 aromatic carbocycles. The lowest BCUT2D eigenvalue weighted by Crippen LogP contribution is -2.25. The van der Waals surface area contributed by atoms with Gasteiger partial charge >= 0.3 is 0 Å².